The number of ether oxygens (including phenoxy) is 1. The summed E-state index contributed by atoms with van der Waals surface area (Å²) in [6.07, 6.45) is 0. The molecule has 0 saturated carbocycles. The molecule has 0 aliphatic carbocycles. The van der Waals surface area contributed by atoms with Crippen molar-refractivity contribution in [2.75, 3.05) is 25.6 Å². The number of amides is 2. The minimum atomic E-state index is -0.247. The van der Waals surface area contributed by atoms with E-state index >= 15 is 0 Å². The second-order valence-electron chi connectivity index (χ2n) is 4.79. The Kier molecular flexibility index (Phi) is 5.80. The average Bonchev–Trinajstić information content (AvgIpc) is 2.56. The fourth-order valence-electron chi connectivity index (χ4n) is 2.05. The van der Waals surface area contributed by atoms with E-state index in [-0.39, 0.29) is 19.2 Å². The monoisotopic (exact) mass is 300 g/mol. The van der Waals surface area contributed by atoms with Crippen LogP contribution in [0.4, 0.5) is 10.5 Å². The van der Waals surface area contributed by atoms with Crippen LogP contribution in [0.25, 0.3) is 0 Å². The number of aliphatic hydroxyl groups excluding tert-OH is 1. The van der Waals surface area contributed by atoms with Gasteiger partial charge in [0.25, 0.3) is 0 Å². The molecule has 0 spiro atoms. The molecule has 0 fully saturated rings. The molecule has 2 N–H and O–H groups in total. The number of anilines is 1. The van der Waals surface area contributed by atoms with Gasteiger partial charge in [0.1, 0.15) is 5.75 Å². The minimum Gasteiger partial charge on any atom is -0.497 e. The van der Waals surface area contributed by atoms with Crippen LogP contribution in [0.15, 0.2) is 54.6 Å². The van der Waals surface area contributed by atoms with Crippen LogP contribution < -0.4 is 10.1 Å². The largest absolute Gasteiger partial charge is 0.497 e. The molecule has 5 heteroatoms. The summed E-state index contributed by atoms with van der Waals surface area (Å²) in [5.41, 5.74) is 1.70. The molecule has 0 aromatic heterocycles. The van der Waals surface area contributed by atoms with Crippen LogP contribution in [0, 0.1) is 0 Å². The number of aliphatic hydroxyl groups is 1. The summed E-state index contributed by atoms with van der Waals surface area (Å²) in [6, 6.07) is 16.5. The predicted octanol–water partition coefficient (Wildman–Crippen LogP) is 2.72. The number of rotatable bonds is 6. The Morgan fingerprint density at radius 3 is 2.41 bits per heavy atom. The third-order valence-corrected chi connectivity index (χ3v) is 3.21. The standard InChI is InChI=1S/C17H20N2O3/c1-22-16-9-7-15(8-10-16)18-17(21)19(11-12-20)13-14-5-3-2-4-6-14/h2-10,20H,11-13H2,1H3,(H,18,21). The normalized spacial score (nSPS) is 10.1. The Bertz CT molecular complexity index is 585. The summed E-state index contributed by atoms with van der Waals surface area (Å²) >= 11 is 0. The van der Waals surface area contributed by atoms with Gasteiger partial charge in [0, 0.05) is 18.8 Å². The Balaban J connectivity index is 2.02. The topological polar surface area (TPSA) is 61.8 Å². The summed E-state index contributed by atoms with van der Waals surface area (Å²) in [5.74, 6) is 0.731. The first-order chi connectivity index (χ1) is 10.7. The number of nitrogens with zero attached hydrogens (tertiary/aromatic N) is 1. The second kappa shape index (κ2) is 8.05. The van der Waals surface area contributed by atoms with Gasteiger partial charge in [-0.25, -0.2) is 4.79 Å². The van der Waals surface area contributed by atoms with Gasteiger partial charge in [-0.15, -0.1) is 0 Å². The van der Waals surface area contributed by atoms with Gasteiger partial charge in [-0.3, -0.25) is 0 Å². The quantitative estimate of drug-likeness (QED) is 0.862. The van der Waals surface area contributed by atoms with Crippen molar-refractivity contribution in [2.45, 2.75) is 6.54 Å². The van der Waals surface area contributed by atoms with E-state index in [0.717, 1.165) is 11.3 Å². The molecule has 0 unspecified atom stereocenters. The van der Waals surface area contributed by atoms with E-state index in [1.165, 1.54) is 0 Å². The third-order valence-electron chi connectivity index (χ3n) is 3.21. The molecule has 2 amide bonds. The van der Waals surface area contributed by atoms with Crippen LogP contribution in [-0.4, -0.2) is 36.3 Å². The molecule has 0 saturated heterocycles. The zero-order valence-corrected chi connectivity index (χ0v) is 12.5. The van der Waals surface area contributed by atoms with Crippen molar-refractivity contribution in [3.05, 3.63) is 60.2 Å². The first-order valence-electron chi connectivity index (χ1n) is 7.07. The third kappa shape index (κ3) is 4.49. The van der Waals surface area contributed by atoms with E-state index in [1.807, 2.05) is 30.3 Å². The number of urea groups is 1. The van der Waals surface area contributed by atoms with Crippen molar-refractivity contribution >= 4 is 11.7 Å². The lowest BCUT2D eigenvalue weighted by Gasteiger charge is -2.22. The zero-order valence-electron chi connectivity index (χ0n) is 12.5. The number of methoxy groups -OCH3 is 1. The van der Waals surface area contributed by atoms with E-state index in [2.05, 4.69) is 5.32 Å². The van der Waals surface area contributed by atoms with Crippen molar-refractivity contribution in [3.63, 3.8) is 0 Å². The summed E-state index contributed by atoms with van der Waals surface area (Å²) in [5, 5.41) is 12.0. The summed E-state index contributed by atoms with van der Waals surface area (Å²) < 4.78 is 5.08. The highest BCUT2D eigenvalue weighted by Crippen LogP contribution is 2.16. The minimum absolute atomic E-state index is 0.0805. The van der Waals surface area contributed by atoms with Gasteiger partial charge in [-0.05, 0) is 29.8 Å². The highest BCUT2D eigenvalue weighted by Gasteiger charge is 2.13. The second-order valence-corrected chi connectivity index (χ2v) is 4.79. The molecule has 0 bridgehead atoms. The van der Waals surface area contributed by atoms with Gasteiger partial charge < -0.3 is 20.1 Å². The molecule has 0 heterocycles. The van der Waals surface area contributed by atoms with Gasteiger partial charge in [0.15, 0.2) is 0 Å². The smallest absolute Gasteiger partial charge is 0.322 e. The fourth-order valence-corrected chi connectivity index (χ4v) is 2.05. The van der Waals surface area contributed by atoms with Gasteiger partial charge in [-0.1, -0.05) is 30.3 Å². The van der Waals surface area contributed by atoms with Gasteiger partial charge >= 0.3 is 6.03 Å². The number of benzene rings is 2. The maximum atomic E-state index is 12.3. The molecule has 0 radical (unpaired) electrons. The molecule has 5 nitrogen and oxygen atoms in total. The molecule has 0 atom stereocenters. The van der Waals surface area contributed by atoms with Crippen molar-refractivity contribution < 1.29 is 14.6 Å². The molecule has 2 rings (SSSR count). The van der Waals surface area contributed by atoms with Crippen molar-refractivity contribution in [1.29, 1.82) is 0 Å². The zero-order chi connectivity index (χ0) is 15.8. The molecular weight excluding hydrogens is 280 g/mol. The van der Waals surface area contributed by atoms with Crippen LogP contribution in [0.1, 0.15) is 5.56 Å². The Hall–Kier alpha value is -2.53. The van der Waals surface area contributed by atoms with Crippen molar-refractivity contribution in [3.8, 4) is 5.75 Å². The summed E-state index contributed by atoms with van der Waals surface area (Å²) in [7, 11) is 1.59. The van der Waals surface area contributed by atoms with Crippen LogP contribution in [0.2, 0.25) is 0 Å². The van der Waals surface area contributed by atoms with Gasteiger partial charge in [-0.2, -0.15) is 0 Å². The van der Waals surface area contributed by atoms with E-state index < -0.39 is 0 Å². The summed E-state index contributed by atoms with van der Waals surface area (Å²) in [6.45, 7) is 0.642. The average molecular weight is 300 g/mol. The predicted molar refractivity (Wildman–Crippen MR) is 86.0 cm³/mol. The van der Waals surface area contributed by atoms with E-state index in [4.69, 9.17) is 9.84 Å². The fraction of sp³-hybridized carbons (Fsp3) is 0.235. The molecule has 116 valence electrons. The van der Waals surface area contributed by atoms with E-state index in [9.17, 15) is 4.79 Å². The maximum Gasteiger partial charge on any atom is 0.322 e. The molecule has 2 aromatic carbocycles. The molecular formula is C17H20N2O3. The lowest BCUT2D eigenvalue weighted by molar-refractivity contribution is 0.185. The van der Waals surface area contributed by atoms with Crippen LogP contribution >= 0.6 is 0 Å². The summed E-state index contributed by atoms with van der Waals surface area (Å²) in [4.78, 5) is 13.9. The van der Waals surface area contributed by atoms with Crippen LogP contribution in [0.5, 0.6) is 5.75 Å². The Morgan fingerprint density at radius 2 is 1.82 bits per heavy atom. The number of carbonyl (C=O) groups excluding carboxylic acids is 1. The van der Waals surface area contributed by atoms with Crippen molar-refractivity contribution in [1.82, 2.24) is 4.90 Å². The molecule has 2 aromatic rings. The highest BCUT2D eigenvalue weighted by atomic mass is 16.5. The van der Waals surface area contributed by atoms with Crippen LogP contribution in [-0.2, 0) is 6.54 Å². The maximum absolute atomic E-state index is 12.3. The van der Waals surface area contributed by atoms with Gasteiger partial charge in [0.05, 0.1) is 13.7 Å². The number of hydrogen-bond acceptors (Lipinski definition) is 3. The number of hydrogen-bond donors (Lipinski definition) is 2. The highest BCUT2D eigenvalue weighted by molar-refractivity contribution is 5.89. The first-order valence-corrected chi connectivity index (χ1v) is 7.07. The molecule has 0 aliphatic rings. The lowest BCUT2D eigenvalue weighted by atomic mass is 10.2. The van der Waals surface area contributed by atoms with E-state index in [0.29, 0.717) is 12.2 Å². The molecule has 0 aliphatic heterocycles. The Morgan fingerprint density at radius 1 is 1.14 bits per heavy atom. The van der Waals surface area contributed by atoms with E-state index in [1.54, 1.807) is 36.3 Å². The number of nitrogens with one attached hydrogen (secondary N) is 1. The molecule has 22 heavy (non-hydrogen) atoms. The van der Waals surface area contributed by atoms with Crippen molar-refractivity contribution in [2.24, 2.45) is 0 Å². The lowest BCUT2D eigenvalue weighted by Crippen LogP contribution is -2.36. The Labute approximate surface area is 130 Å². The first kappa shape index (κ1) is 15.9. The van der Waals surface area contributed by atoms with Crippen LogP contribution in [0.3, 0.4) is 0 Å². The van der Waals surface area contributed by atoms with Gasteiger partial charge in [0.2, 0.25) is 0 Å². The number of carbonyl (C=O) groups is 1. The SMILES string of the molecule is COc1ccc(NC(=O)N(CCO)Cc2ccccc2)cc1.